The molecule has 6 N–H and O–H groups in total. The van der Waals surface area contributed by atoms with Gasteiger partial charge in [0, 0.05) is 12.3 Å². The molecule has 2 aliphatic rings. The predicted octanol–water partition coefficient (Wildman–Crippen LogP) is 0.812. The van der Waals surface area contributed by atoms with E-state index in [1.807, 2.05) is 36.4 Å². The number of rotatable bonds is 6. The Balaban J connectivity index is 1.41. The number of carboxylic acid groups (broad SMARTS) is 1. The van der Waals surface area contributed by atoms with E-state index in [2.05, 4.69) is 39.4 Å². The Morgan fingerprint density at radius 1 is 1.00 bits per heavy atom. The molecule has 146 valence electrons. The van der Waals surface area contributed by atoms with E-state index in [0.717, 1.165) is 22.3 Å². The third kappa shape index (κ3) is 3.69. The zero-order valence-corrected chi connectivity index (χ0v) is 14.9. The zero-order valence-electron chi connectivity index (χ0n) is 14.9. The Hall–Kier alpha value is -2.98. The average Bonchev–Trinajstić information content (AvgIpc) is 3.32. The van der Waals surface area contributed by atoms with Crippen molar-refractivity contribution in [3.8, 4) is 11.1 Å². The Morgan fingerprint density at radius 3 is 2.14 bits per heavy atom. The molecule has 1 fully saturated rings. The van der Waals surface area contributed by atoms with Crippen molar-refractivity contribution >= 4 is 12.1 Å². The molecule has 0 spiro atoms. The maximum Gasteiger partial charge on any atom is 0.407 e. The first kappa shape index (κ1) is 18.4. The third-order valence-electron chi connectivity index (χ3n) is 4.96. The molecule has 9 nitrogen and oxygen atoms in total. The molecule has 28 heavy (non-hydrogen) atoms. The second-order valence-electron chi connectivity index (χ2n) is 6.69. The number of nitrogens with one attached hydrogen (secondary N) is 5. The Morgan fingerprint density at radius 2 is 1.57 bits per heavy atom. The van der Waals surface area contributed by atoms with Gasteiger partial charge in [0.25, 0.3) is 0 Å². The van der Waals surface area contributed by atoms with Gasteiger partial charge in [0.15, 0.2) is 0 Å². The van der Waals surface area contributed by atoms with E-state index in [0.29, 0.717) is 0 Å². The highest BCUT2D eigenvalue weighted by Gasteiger charge is 2.30. The van der Waals surface area contributed by atoms with Gasteiger partial charge in [0.2, 0.25) is 0 Å². The van der Waals surface area contributed by atoms with E-state index >= 15 is 0 Å². The third-order valence-corrected chi connectivity index (χ3v) is 4.96. The summed E-state index contributed by atoms with van der Waals surface area (Å²) < 4.78 is 5.40. The fourth-order valence-corrected chi connectivity index (χ4v) is 3.64. The fraction of sp³-hybridized carbons (Fsp3) is 0.263. The first-order valence-electron chi connectivity index (χ1n) is 8.99. The van der Waals surface area contributed by atoms with Crippen LogP contribution in [0.4, 0.5) is 4.79 Å². The van der Waals surface area contributed by atoms with Crippen molar-refractivity contribution in [2.75, 3.05) is 6.61 Å². The summed E-state index contributed by atoms with van der Waals surface area (Å²) >= 11 is 0. The molecule has 0 radical (unpaired) electrons. The van der Waals surface area contributed by atoms with Crippen molar-refractivity contribution in [3.63, 3.8) is 0 Å². The average molecular weight is 383 g/mol. The molecular weight excluding hydrogens is 362 g/mol. The molecule has 0 saturated carbocycles. The second kappa shape index (κ2) is 7.95. The minimum atomic E-state index is -1.14. The number of fused-ring (bicyclic) bond motifs is 3. The lowest BCUT2D eigenvalue weighted by molar-refractivity contribution is -0.139. The minimum absolute atomic E-state index is 0.0759. The molecule has 1 amide bonds. The molecule has 1 atom stereocenters. The summed E-state index contributed by atoms with van der Waals surface area (Å²) in [7, 11) is 0. The number of ether oxygens (including phenoxy) is 1. The molecule has 0 unspecified atom stereocenters. The summed E-state index contributed by atoms with van der Waals surface area (Å²) in [6.07, 6.45) is -0.984. The van der Waals surface area contributed by atoms with Gasteiger partial charge in [-0.05, 0) is 22.3 Å². The number of hydrogen-bond donors (Lipinski definition) is 6. The summed E-state index contributed by atoms with van der Waals surface area (Å²) in [6.45, 7) is 0.134. The van der Waals surface area contributed by atoms with Crippen molar-refractivity contribution < 1.29 is 19.4 Å². The van der Waals surface area contributed by atoms with Gasteiger partial charge in [0.05, 0.1) is 6.17 Å². The Bertz CT molecular complexity index is 839. The van der Waals surface area contributed by atoms with Crippen LogP contribution in [0.5, 0.6) is 0 Å². The van der Waals surface area contributed by atoms with Crippen molar-refractivity contribution in [3.05, 3.63) is 59.7 Å². The molecule has 2 aromatic carbocycles. The number of hydrazine groups is 3. The van der Waals surface area contributed by atoms with Crippen LogP contribution in [0.15, 0.2) is 48.5 Å². The molecule has 2 aromatic rings. The predicted molar refractivity (Wildman–Crippen MR) is 101 cm³/mol. The largest absolute Gasteiger partial charge is 0.480 e. The number of aliphatic carboxylic acids is 1. The maximum absolute atomic E-state index is 12.2. The van der Waals surface area contributed by atoms with Crippen LogP contribution in [0.25, 0.3) is 11.1 Å². The molecule has 1 aliphatic heterocycles. The molecule has 1 saturated heterocycles. The van der Waals surface area contributed by atoms with Gasteiger partial charge in [-0.25, -0.2) is 20.4 Å². The highest BCUT2D eigenvalue weighted by molar-refractivity contribution is 5.81. The van der Waals surface area contributed by atoms with Gasteiger partial charge >= 0.3 is 12.1 Å². The van der Waals surface area contributed by atoms with Gasteiger partial charge in [0.1, 0.15) is 12.6 Å². The van der Waals surface area contributed by atoms with E-state index in [1.165, 1.54) is 0 Å². The van der Waals surface area contributed by atoms with Crippen LogP contribution in [0.2, 0.25) is 0 Å². The van der Waals surface area contributed by atoms with Gasteiger partial charge in [-0.1, -0.05) is 48.5 Å². The quantitative estimate of drug-likeness (QED) is 0.433. The molecule has 0 aromatic heterocycles. The molecule has 1 heterocycles. The van der Waals surface area contributed by atoms with Gasteiger partial charge in [-0.15, -0.1) is 0 Å². The summed E-state index contributed by atoms with van der Waals surface area (Å²) in [5, 5.41) is 11.8. The number of carboxylic acids is 1. The Kier molecular flexibility index (Phi) is 5.22. The maximum atomic E-state index is 12.2. The first-order chi connectivity index (χ1) is 13.6. The number of hydrogen-bond acceptors (Lipinski definition) is 7. The van der Waals surface area contributed by atoms with E-state index in [-0.39, 0.29) is 25.1 Å². The molecule has 9 heteroatoms. The van der Waals surface area contributed by atoms with Crippen LogP contribution < -0.4 is 27.2 Å². The lowest BCUT2D eigenvalue weighted by Gasteiger charge is -2.19. The van der Waals surface area contributed by atoms with Crippen LogP contribution in [0, 0.1) is 0 Å². The molecule has 0 bridgehead atoms. The standard InChI is InChI=1S/C19H21N5O4/c25-18(26)16(9-17-21-23-24-22-17)20-19(27)28-10-15-13-7-3-1-5-11(13)12-6-2-4-8-14(12)15/h1-8,15-17,21-24H,9-10H2,(H,20,27)(H,25,26)/t16-/m0/s1. The van der Waals surface area contributed by atoms with Crippen LogP contribution in [-0.4, -0.2) is 36.0 Å². The van der Waals surface area contributed by atoms with Crippen molar-refractivity contribution in [2.24, 2.45) is 0 Å². The van der Waals surface area contributed by atoms with E-state index in [4.69, 9.17) is 4.74 Å². The fourth-order valence-electron chi connectivity index (χ4n) is 3.64. The van der Waals surface area contributed by atoms with E-state index in [9.17, 15) is 14.7 Å². The van der Waals surface area contributed by atoms with Crippen molar-refractivity contribution in [1.29, 1.82) is 0 Å². The van der Waals surface area contributed by atoms with E-state index < -0.39 is 18.1 Å². The smallest absolute Gasteiger partial charge is 0.407 e. The SMILES string of the molecule is O=C(N[C@@H](CC1NNNN1)C(=O)O)OCC1c2ccccc2-c2ccccc21. The number of benzene rings is 2. The van der Waals surface area contributed by atoms with Crippen LogP contribution in [0.3, 0.4) is 0 Å². The van der Waals surface area contributed by atoms with Crippen LogP contribution in [-0.2, 0) is 9.53 Å². The number of amides is 1. The van der Waals surface area contributed by atoms with Crippen LogP contribution in [0.1, 0.15) is 23.5 Å². The van der Waals surface area contributed by atoms with Gasteiger partial charge in [-0.3, -0.25) is 0 Å². The molecule has 4 rings (SSSR count). The van der Waals surface area contributed by atoms with Gasteiger partial charge < -0.3 is 15.2 Å². The van der Waals surface area contributed by atoms with Crippen molar-refractivity contribution in [1.82, 2.24) is 27.2 Å². The lowest BCUT2D eigenvalue weighted by atomic mass is 9.98. The highest BCUT2D eigenvalue weighted by Crippen LogP contribution is 2.44. The second-order valence-corrected chi connectivity index (χ2v) is 6.69. The minimum Gasteiger partial charge on any atom is -0.480 e. The molecular formula is C19H21N5O4. The highest BCUT2D eigenvalue weighted by atomic mass is 16.5. The number of carbonyl (C=O) groups excluding carboxylic acids is 1. The van der Waals surface area contributed by atoms with Crippen LogP contribution >= 0.6 is 0 Å². The van der Waals surface area contributed by atoms with Gasteiger partial charge in [-0.2, -0.15) is 11.1 Å². The zero-order chi connectivity index (χ0) is 19.5. The monoisotopic (exact) mass is 383 g/mol. The Labute approximate surface area is 161 Å². The summed E-state index contributed by atoms with van der Waals surface area (Å²) in [5.74, 6) is -1.21. The number of alkyl carbamates (subject to hydrolysis) is 1. The summed E-state index contributed by atoms with van der Waals surface area (Å²) in [5.41, 5.74) is 15.2. The topological polar surface area (TPSA) is 124 Å². The molecule has 1 aliphatic carbocycles. The number of carbonyl (C=O) groups is 2. The summed E-state index contributed by atoms with van der Waals surface area (Å²) in [4.78, 5) is 23.7. The van der Waals surface area contributed by atoms with E-state index in [1.54, 1.807) is 0 Å². The summed E-state index contributed by atoms with van der Waals surface area (Å²) in [6, 6.07) is 15.0. The first-order valence-corrected chi connectivity index (χ1v) is 8.99. The lowest BCUT2D eigenvalue weighted by Crippen LogP contribution is -2.47. The normalized spacial score (nSPS) is 17.0. The van der Waals surface area contributed by atoms with Crippen molar-refractivity contribution in [2.45, 2.75) is 24.5 Å².